The van der Waals surface area contributed by atoms with Crippen LogP contribution in [0.3, 0.4) is 0 Å². The summed E-state index contributed by atoms with van der Waals surface area (Å²) in [6.45, 7) is 3.74. The molecule has 4 heteroatoms. The van der Waals surface area contributed by atoms with Gasteiger partial charge < -0.3 is 9.15 Å². The molecule has 0 bridgehead atoms. The van der Waals surface area contributed by atoms with Crippen molar-refractivity contribution in [2.75, 3.05) is 7.11 Å². The average Bonchev–Trinajstić information content (AvgIpc) is 2.61. The average molecular weight is 353 g/mol. The van der Waals surface area contributed by atoms with Gasteiger partial charge in [0.25, 0.3) is 0 Å². The quantitative estimate of drug-likeness (QED) is 0.581. The van der Waals surface area contributed by atoms with Crippen LogP contribution in [-0.2, 0) is 6.42 Å². The highest BCUT2D eigenvalue weighted by molar-refractivity contribution is 6.31. The second-order valence-corrected chi connectivity index (χ2v) is 5.99. The number of halogens is 1. The monoisotopic (exact) mass is 352 g/mol. The Morgan fingerprint density at radius 2 is 1.92 bits per heavy atom. The molecular formula is C21H17ClO3. The summed E-state index contributed by atoms with van der Waals surface area (Å²) in [6, 6.07) is 12.5. The lowest BCUT2D eigenvalue weighted by atomic mass is 10.1. The van der Waals surface area contributed by atoms with Crippen molar-refractivity contribution >= 4 is 34.7 Å². The van der Waals surface area contributed by atoms with E-state index >= 15 is 0 Å². The minimum atomic E-state index is -0.122. The molecule has 0 fully saturated rings. The van der Waals surface area contributed by atoms with Gasteiger partial charge in [-0.05, 0) is 42.3 Å². The summed E-state index contributed by atoms with van der Waals surface area (Å²) in [7, 11) is 1.63. The SMILES string of the molecule is C=CCc1cc(Cl)cc2c(=O)cc(/C=C/c3ccc(OC)cc3)oc12. The molecule has 0 aliphatic carbocycles. The Hall–Kier alpha value is -2.78. The van der Waals surface area contributed by atoms with E-state index in [1.54, 1.807) is 31.4 Å². The first kappa shape index (κ1) is 17.1. The second kappa shape index (κ2) is 7.41. The number of fused-ring (bicyclic) bond motifs is 1. The fourth-order valence-electron chi connectivity index (χ4n) is 2.59. The van der Waals surface area contributed by atoms with Crippen molar-refractivity contribution in [3.8, 4) is 5.75 Å². The van der Waals surface area contributed by atoms with Gasteiger partial charge in [-0.3, -0.25) is 4.79 Å². The Bertz CT molecular complexity index is 998. The van der Waals surface area contributed by atoms with Crippen LogP contribution in [0.15, 0.2) is 64.3 Å². The molecule has 0 atom stereocenters. The summed E-state index contributed by atoms with van der Waals surface area (Å²) >= 11 is 6.10. The van der Waals surface area contributed by atoms with Crippen molar-refractivity contribution in [3.63, 3.8) is 0 Å². The zero-order chi connectivity index (χ0) is 17.8. The summed E-state index contributed by atoms with van der Waals surface area (Å²) in [6.07, 6.45) is 5.98. The molecule has 0 aliphatic heterocycles. The predicted octanol–water partition coefficient (Wildman–Crippen LogP) is 5.35. The lowest BCUT2D eigenvalue weighted by Crippen LogP contribution is -2.02. The first-order valence-electron chi connectivity index (χ1n) is 7.80. The van der Waals surface area contributed by atoms with Crippen LogP contribution in [0.5, 0.6) is 5.75 Å². The van der Waals surface area contributed by atoms with E-state index in [0.717, 1.165) is 16.9 Å². The number of ether oxygens (including phenoxy) is 1. The predicted molar refractivity (Wildman–Crippen MR) is 103 cm³/mol. The molecule has 126 valence electrons. The van der Waals surface area contributed by atoms with Crippen LogP contribution >= 0.6 is 11.6 Å². The Morgan fingerprint density at radius 1 is 1.16 bits per heavy atom. The highest BCUT2D eigenvalue weighted by atomic mass is 35.5. The zero-order valence-corrected chi connectivity index (χ0v) is 14.5. The number of allylic oxidation sites excluding steroid dienone is 1. The molecule has 3 rings (SSSR count). The normalized spacial score (nSPS) is 11.1. The van der Waals surface area contributed by atoms with E-state index in [0.29, 0.717) is 28.2 Å². The van der Waals surface area contributed by atoms with E-state index in [1.165, 1.54) is 6.07 Å². The molecule has 0 amide bonds. The number of methoxy groups -OCH3 is 1. The van der Waals surface area contributed by atoms with Crippen molar-refractivity contribution in [1.29, 1.82) is 0 Å². The Labute approximate surface area is 150 Å². The Balaban J connectivity index is 2.03. The third kappa shape index (κ3) is 3.83. The molecule has 0 N–H and O–H groups in total. The van der Waals surface area contributed by atoms with Gasteiger partial charge in [-0.2, -0.15) is 0 Å². The lowest BCUT2D eigenvalue weighted by Gasteiger charge is -2.05. The largest absolute Gasteiger partial charge is 0.497 e. The third-order valence-electron chi connectivity index (χ3n) is 3.81. The smallest absolute Gasteiger partial charge is 0.193 e. The summed E-state index contributed by atoms with van der Waals surface area (Å²) in [4.78, 5) is 12.4. The Kier molecular flexibility index (Phi) is 5.05. The minimum Gasteiger partial charge on any atom is -0.497 e. The molecule has 25 heavy (non-hydrogen) atoms. The topological polar surface area (TPSA) is 39.4 Å². The number of hydrogen-bond acceptors (Lipinski definition) is 3. The van der Waals surface area contributed by atoms with Gasteiger partial charge in [0.1, 0.15) is 17.1 Å². The molecular weight excluding hydrogens is 336 g/mol. The van der Waals surface area contributed by atoms with Crippen molar-refractivity contribution in [3.05, 3.63) is 87.3 Å². The molecule has 0 radical (unpaired) electrons. The highest BCUT2D eigenvalue weighted by Gasteiger charge is 2.09. The number of benzene rings is 2. The van der Waals surface area contributed by atoms with Gasteiger partial charge in [0.2, 0.25) is 0 Å². The standard InChI is InChI=1S/C21H17ClO3/c1-3-4-15-11-16(22)12-19-20(23)13-18(25-21(15)19)10-7-14-5-8-17(24-2)9-6-14/h3,5-13H,1,4H2,2H3/b10-7+. The summed E-state index contributed by atoms with van der Waals surface area (Å²) in [5, 5.41) is 0.990. The third-order valence-corrected chi connectivity index (χ3v) is 4.03. The Morgan fingerprint density at radius 3 is 2.60 bits per heavy atom. The molecule has 1 aromatic heterocycles. The maximum Gasteiger partial charge on any atom is 0.193 e. The maximum absolute atomic E-state index is 12.4. The van der Waals surface area contributed by atoms with Crippen LogP contribution in [0.2, 0.25) is 5.02 Å². The fraction of sp³-hybridized carbons (Fsp3) is 0.0952. The van der Waals surface area contributed by atoms with Gasteiger partial charge in [-0.15, -0.1) is 6.58 Å². The van der Waals surface area contributed by atoms with Crippen LogP contribution in [0.25, 0.3) is 23.1 Å². The fourth-order valence-corrected chi connectivity index (χ4v) is 2.83. The van der Waals surface area contributed by atoms with E-state index in [2.05, 4.69) is 6.58 Å². The summed E-state index contributed by atoms with van der Waals surface area (Å²) in [5.41, 5.74) is 2.25. The minimum absolute atomic E-state index is 0.122. The number of hydrogen-bond donors (Lipinski definition) is 0. The van der Waals surface area contributed by atoms with E-state index < -0.39 is 0 Å². The van der Waals surface area contributed by atoms with Crippen LogP contribution in [0, 0.1) is 0 Å². The van der Waals surface area contributed by atoms with E-state index in [4.69, 9.17) is 20.8 Å². The molecule has 0 saturated carbocycles. The molecule has 0 saturated heterocycles. The van der Waals surface area contributed by atoms with Crippen LogP contribution in [-0.4, -0.2) is 7.11 Å². The highest BCUT2D eigenvalue weighted by Crippen LogP contribution is 2.24. The van der Waals surface area contributed by atoms with E-state index in [-0.39, 0.29) is 5.43 Å². The second-order valence-electron chi connectivity index (χ2n) is 5.55. The van der Waals surface area contributed by atoms with Gasteiger partial charge in [-0.25, -0.2) is 0 Å². The van der Waals surface area contributed by atoms with Gasteiger partial charge in [0, 0.05) is 16.7 Å². The molecule has 0 aliphatic rings. The summed E-state index contributed by atoms with van der Waals surface area (Å²) in [5.74, 6) is 1.28. The first-order chi connectivity index (χ1) is 12.1. The van der Waals surface area contributed by atoms with E-state index in [9.17, 15) is 4.79 Å². The van der Waals surface area contributed by atoms with Crippen LogP contribution < -0.4 is 10.2 Å². The molecule has 0 unspecified atom stereocenters. The van der Waals surface area contributed by atoms with Crippen LogP contribution in [0.1, 0.15) is 16.9 Å². The molecule has 1 heterocycles. The molecule has 3 aromatic rings. The first-order valence-corrected chi connectivity index (χ1v) is 8.18. The van der Waals surface area contributed by atoms with Crippen molar-refractivity contribution in [1.82, 2.24) is 0 Å². The number of rotatable bonds is 5. The van der Waals surface area contributed by atoms with E-state index in [1.807, 2.05) is 30.3 Å². The van der Waals surface area contributed by atoms with Gasteiger partial charge in [0.05, 0.1) is 12.5 Å². The van der Waals surface area contributed by atoms with Crippen molar-refractivity contribution in [2.24, 2.45) is 0 Å². The lowest BCUT2D eigenvalue weighted by molar-refractivity contribution is 0.415. The molecule has 3 nitrogen and oxygen atoms in total. The van der Waals surface area contributed by atoms with Gasteiger partial charge in [0.15, 0.2) is 5.43 Å². The van der Waals surface area contributed by atoms with Crippen molar-refractivity contribution < 1.29 is 9.15 Å². The van der Waals surface area contributed by atoms with Crippen molar-refractivity contribution in [2.45, 2.75) is 6.42 Å². The molecule has 2 aromatic carbocycles. The van der Waals surface area contributed by atoms with Crippen LogP contribution in [0.4, 0.5) is 0 Å². The van der Waals surface area contributed by atoms with Gasteiger partial charge in [-0.1, -0.05) is 35.9 Å². The maximum atomic E-state index is 12.4. The summed E-state index contributed by atoms with van der Waals surface area (Å²) < 4.78 is 11.1. The zero-order valence-electron chi connectivity index (χ0n) is 13.8. The molecule has 0 spiro atoms. The van der Waals surface area contributed by atoms with Gasteiger partial charge >= 0.3 is 0 Å².